The SMILES string of the molecule is Cc1ccc(N2c3cc4c(c5c3P3(=O)c6c(cc(C)cc6Oc6c7c(cc2c63)-c2ccccc2C7(C)C)O5)C(C)(C)c2ccccc2-4)cc1. The number of anilines is 3. The number of benzene rings is 6. The highest BCUT2D eigenvalue weighted by Gasteiger charge is 2.58. The Bertz CT molecular complexity index is 2460. The fourth-order valence-electron chi connectivity index (χ4n) is 9.71. The number of rotatable bonds is 1. The summed E-state index contributed by atoms with van der Waals surface area (Å²) >= 11 is 0. The van der Waals surface area contributed by atoms with Gasteiger partial charge in [0, 0.05) is 27.6 Å². The summed E-state index contributed by atoms with van der Waals surface area (Å²) in [5.74, 6) is 2.75. The zero-order chi connectivity index (χ0) is 33.4. The Labute approximate surface area is 286 Å². The van der Waals surface area contributed by atoms with Crippen molar-refractivity contribution in [3.8, 4) is 45.3 Å². The lowest BCUT2D eigenvalue weighted by Crippen LogP contribution is -2.44. The lowest BCUT2D eigenvalue weighted by atomic mass is 9.81. The van der Waals surface area contributed by atoms with Crippen molar-refractivity contribution < 1.29 is 14.0 Å². The zero-order valence-corrected chi connectivity index (χ0v) is 29.3. The Kier molecular flexibility index (Phi) is 4.87. The fraction of sp³-hybridized carbons (Fsp3) is 0.182. The molecular weight excluding hydrogens is 621 g/mol. The van der Waals surface area contributed by atoms with Crippen LogP contribution in [-0.4, -0.2) is 0 Å². The van der Waals surface area contributed by atoms with Gasteiger partial charge in [-0.2, -0.15) is 0 Å². The molecule has 0 atom stereocenters. The van der Waals surface area contributed by atoms with Crippen LogP contribution in [0.3, 0.4) is 0 Å². The first kappa shape index (κ1) is 27.9. The van der Waals surface area contributed by atoms with Crippen LogP contribution in [-0.2, 0) is 15.4 Å². The van der Waals surface area contributed by atoms with Crippen molar-refractivity contribution >= 4 is 40.1 Å². The molecule has 0 radical (unpaired) electrons. The quantitative estimate of drug-likeness (QED) is 0.165. The van der Waals surface area contributed by atoms with Gasteiger partial charge in [-0.25, -0.2) is 0 Å². The molecule has 0 saturated carbocycles. The van der Waals surface area contributed by atoms with Crippen LogP contribution in [0.5, 0.6) is 23.0 Å². The lowest BCUT2D eigenvalue weighted by molar-refractivity contribution is 0.446. The van der Waals surface area contributed by atoms with Gasteiger partial charge in [0.15, 0.2) is 7.14 Å². The molecule has 0 unspecified atom stereocenters. The van der Waals surface area contributed by atoms with Gasteiger partial charge < -0.3 is 18.9 Å². The van der Waals surface area contributed by atoms with Crippen LogP contribution >= 0.6 is 7.14 Å². The van der Waals surface area contributed by atoms with E-state index in [9.17, 15) is 0 Å². The average Bonchev–Trinajstić information content (AvgIpc) is 3.44. The first-order valence-corrected chi connectivity index (χ1v) is 18.8. The third kappa shape index (κ3) is 3.08. The Morgan fingerprint density at radius 1 is 0.551 bits per heavy atom. The Morgan fingerprint density at radius 2 is 1.02 bits per heavy atom. The summed E-state index contributed by atoms with van der Waals surface area (Å²) in [5, 5.41) is 2.26. The van der Waals surface area contributed by atoms with Crippen LogP contribution in [0, 0.1) is 13.8 Å². The van der Waals surface area contributed by atoms with Gasteiger partial charge in [-0.05, 0) is 89.2 Å². The molecule has 11 rings (SSSR count). The first-order valence-electron chi connectivity index (χ1n) is 17.1. The Morgan fingerprint density at radius 3 is 1.51 bits per heavy atom. The van der Waals surface area contributed by atoms with E-state index in [-0.39, 0.29) is 10.8 Å². The second kappa shape index (κ2) is 8.56. The van der Waals surface area contributed by atoms with Gasteiger partial charge in [-0.3, -0.25) is 0 Å². The van der Waals surface area contributed by atoms with Crippen LogP contribution in [0.1, 0.15) is 61.1 Å². The predicted molar refractivity (Wildman–Crippen MR) is 199 cm³/mol. The summed E-state index contributed by atoms with van der Waals surface area (Å²) in [7, 11) is -3.53. The summed E-state index contributed by atoms with van der Waals surface area (Å²) in [5.41, 5.74) is 13.7. The predicted octanol–water partition coefficient (Wildman–Crippen LogP) is 10.6. The second-order valence-corrected chi connectivity index (χ2v) is 18.0. The highest BCUT2D eigenvalue weighted by atomic mass is 31.2. The van der Waals surface area contributed by atoms with Crippen molar-refractivity contribution in [2.75, 3.05) is 4.90 Å². The summed E-state index contributed by atoms with van der Waals surface area (Å²) < 4.78 is 31.2. The van der Waals surface area contributed by atoms with Crippen LogP contribution in [0.15, 0.2) is 97.1 Å². The molecule has 238 valence electrons. The highest BCUT2D eigenvalue weighted by Crippen LogP contribution is 2.70. The Hall–Kier alpha value is -5.05. The molecule has 0 saturated heterocycles. The van der Waals surface area contributed by atoms with E-state index >= 15 is 4.57 Å². The maximum Gasteiger partial charge on any atom is 0.189 e. The summed E-state index contributed by atoms with van der Waals surface area (Å²) in [6, 6.07) is 34.7. The third-order valence-corrected chi connectivity index (χ3v) is 15.0. The van der Waals surface area contributed by atoms with Gasteiger partial charge in [0.05, 0.1) is 22.0 Å². The maximum atomic E-state index is 16.9. The minimum Gasteiger partial charge on any atom is -0.455 e. The highest BCUT2D eigenvalue weighted by molar-refractivity contribution is 7.87. The number of aryl methyl sites for hydroxylation is 2. The molecular formula is C44H34NO3P. The number of fused-ring (bicyclic) bond motifs is 8. The van der Waals surface area contributed by atoms with E-state index in [4.69, 9.17) is 9.47 Å². The number of ether oxygens (including phenoxy) is 2. The van der Waals surface area contributed by atoms with Crippen molar-refractivity contribution in [1.29, 1.82) is 0 Å². The van der Waals surface area contributed by atoms with Gasteiger partial charge in [0.2, 0.25) is 0 Å². The maximum absolute atomic E-state index is 16.9. The molecule has 0 spiro atoms. The minimum absolute atomic E-state index is 0.356. The van der Waals surface area contributed by atoms with E-state index in [0.717, 1.165) is 67.0 Å². The molecule has 0 aromatic heterocycles. The second-order valence-electron chi connectivity index (χ2n) is 15.4. The van der Waals surface area contributed by atoms with Crippen molar-refractivity contribution in [1.82, 2.24) is 0 Å². The molecule has 6 aromatic rings. The van der Waals surface area contributed by atoms with E-state index in [1.807, 2.05) is 12.1 Å². The van der Waals surface area contributed by atoms with E-state index in [1.54, 1.807) is 0 Å². The van der Waals surface area contributed by atoms with Crippen LogP contribution in [0.25, 0.3) is 22.3 Å². The third-order valence-electron chi connectivity index (χ3n) is 11.8. The molecule has 2 aliphatic carbocycles. The van der Waals surface area contributed by atoms with Gasteiger partial charge >= 0.3 is 0 Å². The molecule has 5 aliphatic rings. The molecule has 3 heterocycles. The van der Waals surface area contributed by atoms with Crippen molar-refractivity contribution in [3.05, 3.63) is 130 Å². The van der Waals surface area contributed by atoms with Crippen LogP contribution in [0.2, 0.25) is 0 Å². The summed E-state index contributed by atoms with van der Waals surface area (Å²) in [6.07, 6.45) is 0. The summed E-state index contributed by atoms with van der Waals surface area (Å²) in [4.78, 5) is 2.33. The molecule has 4 nitrogen and oxygen atoms in total. The fourth-order valence-corrected chi connectivity index (χ4v) is 13.1. The molecule has 0 N–H and O–H groups in total. The first-order chi connectivity index (χ1) is 23.5. The van der Waals surface area contributed by atoms with E-state index in [1.165, 1.54) is 27.8 Å². The largest absolute Gasteiger partial charge is 0.455 e. The molecule has 0 amide bonds. The monoisotopic (exact) mass is 655 g/mol. The standard InChI is InChI=1S/C44H34NO3P/c1-23-15-17-25(18-16-23)45-32-21-28-26-11-7-9-13-30(26)43(3,4)36(28)38-40(32)49(46)41-33(45)22-29-27-12-8-10-14-31(27)44(5,6)37(29)39(41)48-35-20-24(2)19-34(47-38)42(35)49/h7-22H,1-6H3. The number of hydrogen-bond donors (Lipinski definition) is 0. The molecule has 5 heteroatoms. The van der Waals surface area contributed by atoms with Gasteiger partial charge in [-0.15, -0.1) is 0 Å². The van der Waals surface area contributed by atoms with Gasteiger partial charge in [0.25, 0.3) is 0 Å². The minimum atomic E-state index is -3.53. The topological polar surface area (TPSA) is 38.8 Å². The van der Waals surface area contributed by atoms with Crippen molar-refractivity contribution in [2.24, 2.45) is 0 Å². The molecule has 3 aliphatic heterocycles. The van der Waals surface area contributed by atoms with E-state index in [0.29, 0.717) is 16.8 Å². The van der Waals surface area contributed by atoms with Gasteiger partial charge in [0.1, 0.15) is 28.3 Å². The molecule has 6 aromatic carbocycles. The van der Waals surface area contributed by atoms with Crippen molar-refractivity contribution in [3.63, 3.8) is 0 Å². The van der Waals surface area contributed by atoms with E-state index < -0.39 is 7.14 Å². The lowest BCUT2D eigenvalue weighted by Gasteiger charge is -2.46. The number of nitrogens with zero attached hydrogens (tertiary/aromatic N) is 1. The molecule has 49 heavy (non-hydrogen) atoms. The number of hydrogen-bond acceptors (Lipinski definition) is 4. The molecule has 0 fully saturated rings. The Balaban J connectivity index is 1.36. The normalized spacial score (nSPS) is 17.6. The molecule has 0 bridgehead atoms. The smallest absolute Gasteiger partial charge is 0.189 e. The van der Waals surface area contributed by atoms with Crippen molar-refractivity contribution in [2.45, 2.75) is 52.4 Å². The average molecular weight is 656 g/mol. The van der Waals surface area contributed by atoms with Gasteiger partial charge in [-0.1, -0.05) is 93.9 Å². The zero-order valence-electron chi connectivity index (χ0n) is 28.4. The van der Waals surface area contributed by atoms with E-state index in [2.05, 4.69) is 131 Å². The van der Waals surface area contributed by atoms with Crippen LogP contribution < -0.4 is 30.3 Å². The van der Waals surface area contributed by atoms with Crippen LogP contribution in [0.4, 0.5) is 17.1 Å². The summed E-state index contributed by atoms with van der Waals surface area (Å²) in [6.45, 7) is 13.3.